The number of nitrogens with one attached hydrogen (secondary N) is 1. The topological polar surface area (TPSA) is 91.2 Å². The second-order valence-electron chi connectivity index (χ2n) is 8.02. The minimum absolute atomic E-state index is 0.00710. The molecule has 0 aromatic carbocycles. The molecule has 0 spiro atoms. The summed E-state index contributed by atoms with van der Waals surface area (Å²) in [6, 6.07) is 1.71. The second kappa shape index (κ2) is 8.26. The molecular formula is C18H29N5O4. The number of amides is 2. The minimum atomic E-state index is -0.237. The predicted octanol–water partition coefficient (Wildman–Crippen LogP) is 0.184. The van der Waals surface area contributed by atoms with Crippen LogP contribution in [0.2, 0.25) is 0 Å². The lowest BCUT2D eigenvalue weighted by atomic mass is 10.1. The van der Waals surface area contributed by atoms with Crippen molar-refractivity contribution >= 4 is 17.6 Å². The second-order valence-corrected chi connectivity index (χ2v) is 8.02. The quantitative estimate of drug-likeness (QED) is 0.798. The van der Waals surface area contributed by atoms with E-state index in [0.717, 1.165) is 13.1 Å². The average Bonchev–Trinajstić information content (AvgIpc) is 3.11. The molecule has 0 unspecified atom stereocenters. The Bertz CT molecular complexity index is 655. The van der Waals surface area contributed by atoms with Crippen molar-refractivity contribution in [2.45, 2.75) is 26.3 Å². The molecule has 150 valence electrons. The van der Waals surface area contributed by atoms with Crippen molar-refractivity contribution in [1.82, 2.24) is 20.3 Å². The molecular weight excluding hydrogens is 350 g/mol. The van der Waals surface area contributed by atoms with E-state index >= 15 is 0 Å². The molecule has 0 bridgehead atoms. The third kappa shape index (κ3) is 5.43. The molecule has 9 heteroatoms. The third-order valence-electron chi connectivity index (χ3n) is 4.58. The van der Waals surface area contributed by atoms with Crippen LogP contribution in [0.1, 0.15) is 31.3 Å². The summed E-state index contributed by atoms with van der Waals surface area (Å²) in [5, 5.41) is 6.99. The highest BCUT2D eigenvalue weighted by atomic mass is 16.5. The Morgan fingerprint density at radius 3 is 2.41 bits per heavy atom. The summed E-state index contributed by atoms with van der Waals surface area (Å²) in [5.74, 6) is 0.794. The summed E-state index contributed by atoms with van der Waals surface area (Å²) in [6.45, 7) is 11.5. The molecule has 2 amide bonds. The first-order valence-corrected chi connectivity index (χ1v) is 9.44. The normalized spacial score (nSPS) is 19.2. The molecule has 1 aromatic heterocycles. The zero-order chi connectivity index (χ0) is 19.4. The van der Waals surface area contributed by atoms with Crippen molar-refractivity contribution in [2.75, 3.05) is 63.9 Å². The molecule has 0 atom stereocenters. The van der Waals surface area contributed by atoms with Gasteiger partial charge < -0.3 is 24.4 Å². The lowest BCUT2D eigenvalue weighted by Crippen LogP contribution is -2.52. The van der Waals surface area contributed by atoms with E-state index in [2.05, 4.69) is 20.3 Å². The standard InChI is InChI=1S/C18H29N5O4/c1-18(2,3)19-16(24)13-21-4-6-23(7-5-21)17(25)14-12-15(20-27-14)22-8-10-26-11-9-22/h12H,4-11,13H2,1-3H3,(H,19,24). The van der Waals surface area contributed by atoms with Crippen molar-refractivity contribution in [3.8, 4) is 0 Å². The first-order chi connectivity index (χ1) is 12.8. The van der Waals surface area contributed by atoms with Gasteiger partial charge in [0, 0.05) is 50.9 Å². The highest BCUT2D eigenvalue weighted by Gasteiger charge is 2.27. The van der Waals surface area contributed by atoms with Crippen molar-refractivity contribution < 1.29 is 18.8 Å². The molecule has 0 saturated carbocycles. The maximum Gasteiger partial charge on any atom is 0.292 e. The SMILES string of the molecule is CC(C)(C)NC(=O)CN1CCN(C(=O)c2cc(N3CCOCC3)no2)CC1. The number of aromatic nitrogens is 1. The van der Waals surface area contributed by atoms with Gasteiger partial charge in [-0.15, -0.1) is 0 Å². The first-order valence-electron chi connectivity index (χ1n) is 9.44. The Hall–Kier alpha value is -2.13. The van der Waals surface area contributed by atoms with Crippen LogP contribution in [0.25, 0.3) is 0 Å². The van der Waals surface area contributed by atoms with E-state index in [1.54, 1.807) is 11.0 Å². The molecule has 2 aliphatic rings. The van der Waals surface area contributed by atoms with Gasteiger partial charge in [0.1, 0.15) is 0 Å². The number of carbonyl (C=O) groups is 2. The van der Waals surface area contributed by atoms with E-state index in [0.29, 0.717) is 51.8 Å². The predicted molar refractivity (Wildman–Crippen MR) is 99.8 cm³/mol. The zero-order valence-electron chi connectivity index (χ0n) is 16.4. The number of carbonyl (C=O) groups excluding carboxylic acids is 2. The Kier molecular flexibility index (Phi) is 6.01. The fourth-order valence-electron chi connectivity index (χ4n) is 3.23. The molecule has 0 aliphatic carbocycles. The van der Waals surface area contributed by atoms with Gasteiger partial charge >= 0.3 is 0 Å². The number of hydrogen-bond donors (Lipinski definition) is 1. The molecule has 0 radical (unpaired) electrons. The third-order valence-corrected chi connectivity index (χ3v) is 4.58. The number of ether oxygens (including phenoxy) is 1. The zero-order valence-corrected chi connectivity index (χ0v) is 16.4. The highest BCUT2D eigenvalue weighted by Crippen LogP contribution is 2.18. The van der Waals surface area contributed by atoms with E-state index in [1.807, 2.05) is 20.8 Å². The van der Waals surface area contributed by atoms with Crippen molar-refractivity contribution in [2.24, 2.45) is 0 Å². The molecule has 1 aromatic rings. The van der Waals surface area contributed by atoms with Crippen LogP contribution in [-0.4, -0.2) is 91.3 Å². The molecule has 1 N–H and O–H groups in total. The van der Waals surface area contributed by atoms with Crippen molar-refractivity contribution in [3.05, 3.63) is 11.8 Å². The van der Waals surface area contributed by atoms with Gasteiger partial charge in [0.05, 0.1) is 19.8 Å². The van der Waals surface area contributed by atoms with Crippen LogP contribution >= 0.6 is 0 Å². The Balaban J connectivity index is 1.48. The molecule has 2 aliphatic heterocycles. The maximum atomic E-state index is 12.7. The monoisotopic (exact) mass is 379 g/mol. The van der Waals surface area contributed by atoms with E-state index in [4.69, 9.17) is 9.26 Å². The molecule has 3 rings (SSSR count). The lowest BCUT2D eigenvalue weighted by molar-refractivity contribution is -0.124. The van der Waals surface area contributed by atoms with Crippen LogP contribution in [0.5, 0.6) is 0 Å². The summed E-state index contributed by atoms with van der Waals surface area (Å²) in [5.41, 5.74) is -0.237. The van der Waals surface area contributed by atoms with Gasteiger partial charge in [-0.2, -0.15) is 0 Å². The van der Waals surface area contributed by atoms with E-state index in [1.165, 1.54) is 0 Å². The number of nitrogens with zero attached hydrogens (tertiary/aromatic N) is 4. The Morgan fingerprint density at radius 2 is 1.78 bits per heavy atom. The molecule has 27 heavy (non-hydrogen) atoms. The van der Waals surface area contributed by atoms with Gasteiger partial charge in [-0.1, -0.05) is 5.16 Å². The maximum absolute atomic E-state index is 12.7. The van der Waals surface area contributed by atoms with Crippen LogP contribution in [0, 0.1) is 0 Å². The number of hydrogen-bond acceptors (Lipinski definition) is 7. The summed E-state index contributed by atoms with van der Waals surface area (Å²) < 4.78 is 10.6. The van der Waals surface area contributed by atoms with Gasteiger partial charge in [0.25, 0.3) is 5.91 Å². The van der Waals surface area contributed by atoms with Gasteiger partial charge in [0.2, 0.25) is 11.7 Å². The minimum Gasteiger partial charge on any atom is -0.378 e. The van der Waals surface area contributed by atoms with Gasteiger partial charge in [-0.25, -0.2) is 0 Å². The van der Waals surface area contributed by atoms with Crippen LogP contribution < -0.4 is 10.2 Å². The van der Waals surface area contributed by atoms with Crippen LogP contribution in [0.4, 0.5) is 5.82 Å². The molecule has 9 nitrogen and oxygen atoms in total. The fraction of sp³-hybridized carbons (Fsp3) is 0.722. The number of anilines is 1. The molecule has 3 heterocycles. The summed E-state index contributed by atoms with van der Waals surface area (Å²) in [4.78, 5) is 30.6. The largest absolute Gasteiger partial charge is 0.378 e. The average molecular weight is 379 g/mol. The van der Waals surface area contributed by atoms with Gasteiger partial charge in [-0.3, -0.25) is 14.5 Å². The van der Waals surface area contributed by atoms with E-state index < -0.39 is 0 Å². The first kappa shape index (κ1) is 19.6. The number of morpholine rings is 1. The van der Waals surface area contributed by atoms with E-state index in [-0.39, 0.29) is 23.1 Å². The molecule has 2 saturated heterocycles. The van der Waals surface area contributed by atoms with Crippen molar-refractivity contribution in [1.29, 1.82) is 0 Å². The highest BCUT2D eigenvalue weighted by molar-refractivity contribution is 5.92. The summed E-state index contributed by atoms with van der Waals surface area (Å²) in [7, 11) is 0. The van der Waals surface area contributed by atoms with Crippen LogP contribution in [0.3, 0.4) is 0 Å². The summed E-state index contributed by atoms with van der Waals surface area (Å²) >= 11 is 0. The van der Waals surface area contributed by atoms with Crippen molar-refractivity contribution in [3.63, 3.8) is 0 Å². The number of rotatable bonds is 4. The van der Waals surface area contributed by atoms with Gasteiger partial charge in [-0.05, 0) is 20.8 Å². The Labute approximate surface area is 159 Å². The molecule has 2 fully saturated rings. The number of piperazine rings is 1. The smallest absolute Gasteiger partial charge is 0.292 e. The van der Waals surface area contributed by atoms with Crippen LogP contribution in [0.15, 0.2) is 10.6 Å². The Morgan fingerprint density at radius 1 is 1.11 bits per heavy atom. The summed E-state index contributed by atoms with van der Waals surface area (Å²) in [6.07, 6.45) is 0. The van der Waals surface area contributed by atoms with Crippen LogP contribution in [-0.2, 0) is 9.53 Å². The fourth-order valence-corrected chi connectivity index (χ4v) is 3.23. The lowest BCUT2D eigenvalue weighted by Gasteiger charge is -2.34. The van der Waals surface area contributed by atoms with E-state index in [9.17, 15) is 9.59 Å². The van der Waals surface area contributed by atoms with Gasteiger partial charge in [0.15, 0.2) is 5.82 Å².